The van der Waals surface area contributed by atoms with Gasteiger partial charge in [0.25, 0.3) is 5.91 Å². The number of aliphatic carboxylic acids is 1. The van der Waals surface area contributed by atoms with Crippen LogP contribution in [0.2, 0.25) is 0 Å². The van der Waals surface area contributed by atoms with Crippen LogP contribution in [0.4, 0.5) is 5.69 Å². The highest BCUT2D eigenvalue weighted by Gasteiger charge is 2.33. The van der Waals surface area contributed by atoms with Crippen LogP contribution < -0.4 is 10.6 Å². The van der Waals surface area contributed by atoms with Crippen LogP contribution in [0, 0.1) is 5.92 Å². The maximum Gasteiger partial charge on any atom is 0.305 e. The first-order valence-electron chi connectivity index (χ1n) is 7.62. The van der Waals surface area contributed by atoms with Crippen molar-refractivity contribution in [3.8, 4) is 0 Å². The standard InChI is InChI=1S/C17H24N2O4/c1-5-14(20)18-13-8-6-7-12(9-13)16(23)19-17(4,11(2)3)10-15(21)22/h6-9,11H,5,10H2,1-4H3,(H,18,20)(H,19,23)(H,21,22). The molecule has 1 aromatic carbocycles. The van der Waals surface area contributed by atoms with Crippen LogP contribution in [-0.2, 0) is 9.59 Å². The van der Waals surface area contributed by atoms with Crippen molar-refractivity contribution >= 4 is 23.5 Å². The maximum atomic E-state index is 12.4. The lowest BCUT2D eigenvalue weighted by molar-refractivity contribution is -0.139. The number of carbonyl (C=O) groups excluding carboxylic acids is 2. The summed E-state index contributed by atoms with van der Waals surface area (Å²) in [5, 5.41) is 14.5. The summed E-state index contributed by atoms with van der Waals surface area (Å²) in [5.41, 5.74) is 0.0520. The van der Waals surface area contributed by atoms with E-state index in [4.69, 9.17) is 5.11 Å². The molecule has 0 radical (unpaired) electrons. The molecule has 0 aliphatic rings. The number of carboxylic acids is 1. The number of benzene rings is 1. The molecule has 3 N–H and O–H groups in total. The van der Waals surface area contributed by atoms with Crippen LogP contribution in [0.15, 0.2) is 24.3 Å². The largest absolute Gasteiger partial charge is 0.481 e. The van der Waals surface area contributed by atoms with Gasteiger partial charge in [-0.25, -0.2) is 0 Å². The van der Waals surface area contributed by atoms with E-state index in [1.807, 2.05) is 13.8 Å². The van der Waals surface area contributed by atoms with Crippen LogP contribution in [0.3, 0.4) is 0 Å². The minimum atomic E-state index is -0.967. The molecule has 126 valence electrons. The highest BCUT2D eigenvalue weighted by atomic mass is 16.4. The van der Waals surface area contributed by atoms with E-state index >= 15 is 0 Å². The molecule has 1 atom stereocenters. The molecule has 2 amide bonds. The van der Waals surface area contributed by atoms with Gasteiger partial charge < -0.3 is 15.7 Å². The molecular weight excluding hydrogens is 296 g/mol. The van der Waals surface area contributed by atoms with E-state index < -0.39 is 11.5 Å². The van der Waals surface area contributed by atoms with Gasteiger partial charge in [-0.1, -0.05) is 26.8 Å². The molecule has 0 fully saturated rings. The topological polar surface area (TPSA) is 95.5 Å². The van der Waals surface area contributed by atoms with Crippen molar-refractivity contribution in [1.82, 2.24) is 5.32 Å². The highest BCUT2D eigenvalue weighted by molar-refractivity contribution is 5.97. The second-order valence-corrected chi connectivity index (χ2v) is 6.08. The van der Waals surface area contributed by atoms with E-state index in [-0.39, 0.29) is 24.2 Å². The quantitative estimate of drug-likeness (QED) is 0.719. The summed E-state index contributed by atoms with van der Waals surface area (Å²) in [4.78, 5) is 34.9. The zero-order valence-corrected chi connectivity index (χ0v) is 14.0. The van der Waals surface area contributed by atoms with Gasteiger partial charge in [0.15, 0.2) is 0 Å². The molecule has 6 nitrogen and oxygen atoms in total. The Morgan fingerprint density at radius 1 is 1.26 bits per heavy atom. The van der Waals surface area contributed by atoms with Gasteiger partial charge in [-0.05, 0) is 31.0 Å². The van der Waals surface area contributed by atoms with Crippen LogP contribution in [0.5, 0.6) is 0 Å². The van der Waals surface area contributed by atoms with Gasteiger partial charge in [0.2, 0.25) is 5.91 Å². The van der Waals surface area contributed by atoms with Crippen LogP contribution in [0.25, 0.3) is 0 Å². The molecule has 0 saturated carbocycles. The summed E-state index contributed by atoms with van der Waals surface area (Å²) in [6.45, 7) is 7.18. The molecule has 1 rings (SSSR count). The molecule has 1 unspecified atom stereocenters. The van der Waals surface area contributed by atoms with Crippen LogP contribution >= 0.6 is 0 Å². The van der Waals surface area contributed by atoms with Gasteiger partial charge in [0.1, 0.15) is 0 Å². The molecule has 0 spiro atoms. The van der Waals surface area contributed by atoms with Crippen molar-refractivity contribution in [2.24, 2.45) is 5.92 Å². The van der Waals surface area contributed by atoms with Crippen molar-refractivity contribution < 1.29 is 19.5 Å². The van der Waals surface area contributed by atoms with Gasteiger partial charge >= 0.3 is 5.97 Å². The number of anilines is 1. The third-order valence-electron chi connectivity index (χ3n) is 3.92. The first-order chi connectivity index (χ1) is 10.7. The Morgan fingerprint density at radius 2 is 1.91 bits per heavy atom. The zero-order chi connectivity index (χ0) is 17.6. The van der Waals surface area contributed by atoms with E-state index in [0.717, 1.165) is 0 Å². The number of carboxylic acid groups (broad SMARTS) is 1. The number of hydrogen-bond acceptors (Lipinski definition) is 3. The lowest BCUT2D eigenvalue weighted by Gasteiger charge is -2.33. The Morgan fingerprint density at radius 3 is 2.43 bits per heavy atom. The van der Waals surface area contributed by atoms with Crippen LogP contribution in [-0.4, -0.2) is 28.4 Å². The van der Waals surface area contributed by atoms with Gasteiger partial charge in [0, 0.05) is 17.7 Å². The fourth-order valence-electron chi connectivity index (χ4n) is 2.03. The van der Waals surface area contributed by atoms with E-state index in [1.54, 1.807) is 38.1 Å². The summed E-state index contributed by atoms with van der Waals surface area (Å²) in [5.74, 6) is -1.52. The third-order valence-corrected chi connectivity index (χ3v) is 3.92. The fourth-order valence-corrected chi connectivity index (χ4v) is 2.03. The molecule has 6 heteroatoms. The average Bonchev–Trinajstić information content (AvgIpc) is 2.46. The molecule has 0 aromatic heterocycles. The lowest BCUT2D eigenvalue weighted by Crippen LogP contribution is -2.51. The van der Waals surface area contributed by atoms with E-state index in [0.29, 0.717) is 17.7 Å². The summed E-state index contributed by atoms with van der Waals surface area (Å²) in [6, 6.07) is 6.57. The Labute approximate surface area is 136 Å². The first-order valence-corrected chi connectivity index (χ1v) is 7.62. The number of hydrogen-bond donors (Lipinski definition) is 3. The van der Waals surface area contributed by atoms with E-state index in [1.165, 1.54) is 0 Å². The van der Waals surface area contributed by atoms with Crippen molar-refractivity contribution in [3.63, 3.8) is 0 Å². The van der Waals surface area contributed by atoms with Crippen molar-refractivity contribution in [2.75, 3.05) is 5.32 Å². The fraction of sp³-hybridized carbons (Fsp3) is 0.471. The van der Waals surface area contributed by atoms with Crippen LogP contribution in [0.1, 0.15) is 50.9 Å². The van der Waals surface area contributed by atoms with Gasteiger partial charge in [0.05, 0.1) is 12.0 Å². The van der Waals surface area contributed by atoms with Crippen molar-refractivity contribution in [1.29, 1.82) is 0 Å². The van der Waals surface area contributed by atoms with E-state index in [2.05, 4.69) is 10.6 Å². The minimum Gasteiger partial charge on any atom is -0.481 e. The SMILES string of the molecule is CCC(=O)Nc1cccc(C(=O)NC(C)(CC(=O)O)C(C)C)c1. The predicted molar refractivity (Wildman–Crippen MR) is 88.3 cm³/mol. The molecule has 23 heavy (non-hydrogen) atoms. The van der Waals surface area contributed by atoms with E-state index in [9.17, 15) is 14.4 Å². The van der Waals surface area contributed by atoms with Crippen molar-refractivity contribution in [2.45, 2.75) is 46.1 Å². The number of amides is 2. The smallest absolute Gasteiger partial charge is 0.305 e. The third kappa shape index (κ3) is 5.39. The Hall–Kier alpha value is -2.37. The summed E-state index contributed by atoms with van der Waals surface area (Å²) < 4.78 is 0. The Kier molecular flexibility index (Phi) is 6.30. The van der Waals surface area contributed by atoms with Gasteiger partial charge in [-0.2, -0.15) is 0 Å². The van der Waals surface area contributed by atoms with Crippen molar-refractivity contribution in [3.05, 3.63) is 29.8 Å². The molecule has 0 saturated heterocycles. The van der Waals surface area contributed by atoms with Gasteiger partial charge in [-0.3, -0.25) is 14.4 Å². The lowest BCUT2D eigenvalue weighted by atomic mass is 9.85. The zero-order valence-electron chi connectivity index (χ0n) is 14.0. The summed E-state index contributed by atoms with van der Waals surface area (Å²) in [7, 11) is 0. The number of rotatable bonds is 7. The molecule has 0 bridgehead atoms. The highest BCUT2D eigenvalue weighted by Crippen LogP contribution is 2.22. The average molecular weight is 320 g/mol. The Balaban J connectivity index is 2.94. The Bertz CT molecular complexity index is 598. The second-order valence-electron chi connectivity index (χ2n) is 6.08. The monoisotopic (exact) mass is 320 g/mol. The molecule has 0 aliphatic heterocycles. The molecule has 1 aromatic rings. The first kappa shape index (κ1) is 18.7. The summed E-state index contributed by atoms with van der Waals surface area (Å²) in [6.07, 6.45) is 0.184. The molecular formula is C17H24N2O4. The molecule has 0 heterocycles. The normalized spacial score (nSPS) is 13.3. The number of nitrogens with one attached hydrogen (secondary N) is 2. The maximum absolute atomic E-state index is 12.4. The second kappa shape index (κ2) is 7.76. The molecule has 0 aliphatic carbocycles. The number of carbonyl (C=O) groups is 3. The minimum absolute atomic E-state index is 0.0504. The summed E-state index contributed by atoms with van der Waals surface area (Å²) >= 11 is 0. The van der Waals surface area contributed by atoms with Gasteiger partial charge in [-0.15, -0.1) is 0 Å². The predicted octanol–water partition coefficient (Wildman–Crippen LogP) is 2.65.